The molecule has 4 heteroatoms. The molecule has 2 aromatic heterocycles. The minimum atomic E-state index is -0.776. The fourth-order valence-corrected chi connectivity index (χ4v) is 1.99. The van der Waals surface area contributed by atoms with Crippen molar-refractivity contribution in [3.8, 4) is 0 Å². The molecule has 0 saturated carbocycles. The zero-order valence-corrected chi connectivity index (χ0v) is 9.34. The summed E-state index contributed by atoms with van der Waals surface area (Å²) in [6.45, 7) is 3.84. The van der Waals surface area contributed by atoms with Crippen LogP contribution in [0.5, 0.6) is 0 Å². The third-order valence-electron chi connectivity index (χ3n) is 2.74. The van der Waals surface area contributed by atoms with Crippen molar-refractivity contribution in [3.05, 3.63) is 35.9 Å². The molecule has 2 aromatic rings. The Kier molecular flexibility index (Phi) is 2.64. The quantitative estimate of drug-likeness (QED) is 0.859. The molecule has 16 heavy (non-hydrogen) atoms. The van der Waals surface area contributed by atoms with E-state index >= 15 is 0 Å². The van der Waals surface area contributed by atoms with Crippen molar-refractivity contribution in [2.75, 3.05) is 0 Å². The number of aryl methyl sites for hydroxylation is 1. The Labute approximate surface area is 93.5 Å². The second-order valence-corrected chi connectivity index (χ2v) is 4.02. The smallest absolute Gasteiger partial charge is 0.304 e. The van der Waals surface area contributed by atoms with E-state index in [-0.39, 0.29) is 12.3 Å². The van der Waals surface area contributed by atoms with Crippen LogP contribution in [0.1, 0.15) is 30.8 Å². The third-order valence-corrected chi connectivity index (χ3v) is 2.74. The number of fused-ring (bicyclic) bond motifs is 1. The van der Waals surface area contributed by atoms with Gasteiger partial charge >= 0.3 is 5.97 Å². The molecule has 84 valence electrons. The number of carboxylic acid groups (broad SMARTS) is 1. The Morgan fingerprint density at radius 2 is 2.31 bits per heavy atom. The molecule has 1 N–H and O–H groups in total. The van der Waals surface area contributed by atoms with Gasteiger partial charge in [0.05, 0.1) is 18.1 Å². The van der Waals surface area contributed by atoms with Crippen LogP contribution < -0.4 is 0 Å². The van der Waals surface area contributed by atoms with Crippen molar-refractivity contribution in [1.82, 2.24) is 9.38 Å². The molecular formula is C12H14N2O2. The van der Waals surface area contributed by atoms with Gasteiger partial charge in [-0.25, -0.2) is 4.98 Å². The highest BCUT2D eigenvalue weighted by Crippen LogP contribution is 2.21. The fourth-order valence-electron chi connectivity index (χ4n) is 1.99. The van der Waals surface area contributed by atoms with Crippen molar-refractivity contribution in [3.63, 3.8) is 0 Å². The first-order valence-corrected chi connectivity index (χ1v) is 5.24. The van der Waals surface area contributed by atoms with Gasteiger partial charge in [-0.3, -0.25) is 4.79 Å². The van der Waals surface area contributed by atoms with Crippen LogP contribution in [0.25, 0.3) is 5.52 Å². The lowest BCUT2D eigenvalue weighted by atomic mass is 10.0. The number of carboxylic acids is 1. The molecule has 0 spiro atoms. The van der Waals surface area contributed by atoms with Crippen LogP contribution in [-0.4, -0.2) is 20.5 Å². The molecule has 0 bridgehead atoms. The van der Waals surface area contributed by atoms with Crippen LogP contribution >= 0.6 is 0 Å². The van der Waals surface area contributed by atoms with Crippen LogP contribution in [0.3, 0.4) is 0 Å². The minimum absolute atomic E-state index is 0.0194. The Bertz CT molecular complexity index is 531. The zero-order chi connectivity index (χ0) is 11.7. The monoisotopic (exact) mass is 218 g/mol. The predicted molar refractivity (Wildman–Crippen MR) is 60.6 cm³/mol. The molecule has 0 fully saturated rings. The van der Waals surface area contributed by atoms with Gasteiger partial charge in [0.25, 0.3) is 0 Å². The van der Waals surface area contributed by atoms with Crippen LogP contribution in [-0.2, 0) is 4.79 Å². The van der Waals surface area contributed by atoms with E-state index in [9.17, 15) is 4.79 Å². The van der Waals surface area contributed by atoms with Gasteiger partial charge in [-0.05, 0) is 19.1 Å². The van der Waals surface area contributed by atoms with Crippen molar-refractivity contribution in [1.29, 1.82) is 0 Å². The first-order chi connectivity index (χ1) is 7.59. The van der Waals surface area contributed by atoms with E-state index in [1.165, 1.54) is 0 Å². The van der Waals surface area contributed by atoms with Gasteiger partial charge in [-0.1, -0.05) is 13.0 Å². The maximum Gasteiger partial charge on any atom is 0.304 e. The number of hydrogen-bond acceptors (Lipinski definition) is 2. The second-order valence-electron chi connectivity index (χ2n) is 4.02. The van der Waals surface area contributed by atoms with E-state index in [0.717, 1.165) is 17.0 Å². The molecule has 0 aliphatic carbocycles. The third kappa shape index (κ3) is 1.78. The van der Waals surface area contributed by atoms with Crippen LogP contribution in [0.2, 0.25) is 0 Å². The highest BCUT2D eigenvalue weighted by atomic mass is 16.4. The normalized spacial score (nSPS) is 12.9. The highest BCUT2D eigenvalue weighted by Gasteiger charge is 2.14. The van der Waals surface area contributed by atoms with Crippen LogP contribution in [0, 0.1) is 6.92 Å². The topological polar surface area (TPSA) is 54.6 Å². The Balaban J connectivity index is 2.50. The summed E-state index contributed by atoms with van der Waals surface area (Å²) in [6.07, 6.45) is 1.93. The SMILES string of the molecule is Cc1ncc2cccc(C(C)CC(=O)O)n12. The Morgan fingerprint density at radius 3 is 3.00 bits per heavy atom. The van der Waals surface area contributed by atoms with Gasteiger partial charge in [0.2, 0.25) is 0 Å². The number of aliphatic carboxylic acids is 1. The van der Waals surface area contributed by atoms with Crippen molar-refractivity contribution >= 4 is 11.5 Å². The van der Waals surface area contributed by atoms with Gasteiger partial charge in [0, 0.05) is 11.6 Å². The van der Waals surface area contributed by atoms with Crippen LogP contribution in [0.4, 0.5) is 0 Å². The maximum atomic E-state index is 10.7. The average Bonchev–Trinajstić information content (AvgIpc) is 2.59. The molecule has 1 unspecified atom stereocenters. The van der Waals surface area contributed by atoms with Gasteiger partial charge in [0.15, 0.2) is 0 Å². The number of pyridine rings is 1. The molecular weight excluding hydrogens is 204 g/mol. The first-order valence-electron chi connectivity index (χ1n) is 5.24. The number of nitrogens with zero attached hydrogens (tertiary/aromatic N) is 2. The molecule has 0 aromatic carbocycles. The maximum absolute atomic E-state index is 10.7. The number of hydrogen-bond donors (Lipinski definition) is 1. The van der Waals surface area contributed by atoms with Crippen molar-refractivity contribution < 1.29 is 9.90 Å². The van der Waals surface area contributed by atoms with Crippen molar-refractivity contribution in [2.24, 2.45) is 0 Å². The first kappa shape index (κ1) is 10.7. The lowest BCUT2D eigenvalue weighted by Crippen LogP contribution is -2.08. The Morgan fingerprint density at radius 1 is 1.56 bits per heavy atom. The molecule has 0 radical (unpaired) electrons. The molecule has 2 rings (SSSR count). The van der Waals surface area contributed by atoms with Gasteiger partial charge < -0.3 is 9.51 Å². The van der Waals surface area contributed by atoms with Gasteiger partial charge in [-0.2, -0.15) is 0 Å². The summed E-state index contributed by atoms with van der Waals surface area (Å²) in [6, 6.07) is 5.86. The zero-order valence-electron chi connectivity index (χ0n) is 9.34. The predicted octanol–water partition coefficient (Wildman–Crippen LogP) is 2.22. The largest absolute Gasteiger partial charge is 0.481 e. The van der Waals surface area contributed by atoms with E-state index in [2.05, 4.69) is 4.98 Å². The molecule has 0 saturated heterocycles. The van der Waals surface area contributed by atoms with E-state index < -0.39 is 5.97 Å². The molecule has 2 heterocycles. The van der Waals surface area contributed by atoms with Crippen LogP contribution in [0.15, 0.2) is 24.4 Å². The van der Waals surface area contributed by atoms with Crippen molar-refractivity contribution in [2.45, 2.75) is 26.2 Å². The van der Waals surface area contributed by atoms with Gasteiger partial charge in [-0.15, -0.1) is 0 Å². The van der Waals surface area contributed by atoms with E-state index in [1.807, 2.05) is 36.4 Å². The number of aromatic nitrogens is 2. The summed E-state index contributed by atoms with van der Waals surface area (Å²) >= 11 is 0. The fraction of sp³-hybridized carbons (Fsp3) is 0.333. The summed E-state index contributed by atoms with van der Waals surface area (Å²) in [5.41, 5.74) is 2.00. The molecule has 0 aliphatic rings. The van der Waals surface area contributed by atoms with E-state index in [4.69, 9.17) is 5.11 Å². The second kappa shape index (κ2) is 3.96. The minimum Gasteiger partial charge on any atom is -0.481 e. The number of carbonyl (C=O) groups is 1. The molecule has 0 aliphatic heterocycles. The highest BCUT2D eigenvalue weighted by molar-refractivity contribution is 5.68. The number of imidazole rings is 1. The summed E-state index contributed by atoms with van der Waals surface area (Å²) in [5.74, 6) is 0.0965. The van der Waals surface area contributed by atoms with Gasteiger partial charge in [0.1, 0.15) is 5.82 Å². The average molecular weight is 218 g/mol. The lowest BCUT2D eigenvalue weighted by molar-refractivity contribution is -0.137. The summed E-state index contributed by atoms with van der Waals surface area (Å²) in [5, 5.41) is 8.81. The lowest BCUT2D eigenvalue weighted by Gasteiger charge is -2.12. The summed E-state index contributed by atoms with van der Waals surface area (Å²) in [7, 11) is 0. The molecule has 4 nitrogen and oxygen atoms in total. The summed E-state index contributed by atoms with van der Waals surface area (Å²) in [4.78, 5) is 15.0. The number of rotatable bonds is 3. The molecule has 1 atom stereocenters. The van der Waals surface area contributed by atoms with E-state index in [0.29, 0.717) is 0 Å². The standard InChI is InChI=1S/C12H14N2O2/c1-8(6-12(15)16)11-5-3-4-10-7-13-9(2)14(10)11/h3-5,7-8H,6H2,1-2H3,(H,15,16). The summed E-state index contributed by atoms with van der Waals surface area (Å²) < 4.78 is 2.01. The molecule has 0 amide bonds. The van der Waals surface area contributed by atoms with E-state index in [1.54, 1.807) is 6.20 Å². The Hall–Kier alpha value is -1.84.